The fourth-order valence-corrected chi connectivity index (χ4v) is 2.81. The predicted molar refractivity (Wildman–Crippen MR) is 90.8 cm³/mol. The van der Waals surface area contributed by atoms with Crippen molar-refractivity contribution in [1.29, 1.82) is 0 Å². The number of aliphatic imine (C=N–C) groups is 1. The average molecular weight is 288 g/mol. The van der Waals surface area contributed by atoms with Gasteiger partial charge in [-0.25, -0.2) is 0 Å². The Hall–Kier alpha value is -1.71. The molecule has 0 saturated carbocycles. The second-order valence-electron chi connectivity index (χ2n) is 6.04. The van der Waals surface area contributed by atoms with Gasteiger partial charge < -0.3 is 15.5 Å². The van der Waals surface area contributed by atoms with E-state index in [-0.39, 0.29) is 0 Å². The van der Waals surface area contributed by atoms with E-state index in [9.17, 15) is 0 Å². The molecule has 1 unspecified atom stereocenters. The lowest BCUT2D eigenvalue weighted by atomic mass is 10.0. The summed E-state index contributed by atoms with van der Waals surface area (Å²) in [6.45, 7) is 6.20. The SMILES string of the molecule is CC1CCCN(C(N)=NCCCN(C)c2ccccc2)C1. The van der Waals surface area contributed by atoms with Crippen molar-refractivity contribution >= 4 is 11.6 Å². The summed E-state index contributed by atoms with van der Waals surface area (Å²) >= 11 is 0. The van der Waals surface area contributed by atoms with Crippen LogP contribution in [0.5, 0.6) is 0 Å². The lowest BCUT2D eigenvalue weighted by molar-refractivity contribution is 0.270. The normalized spacial score (nSPS) is 19.6. The van der Waals surface area contributed by atoms with Crippen molar-refractivity contribution in [3.05, 3.63) is 30.3 Å². The van der Waals surface area contributed by atoms with Gasteiger partial charge in [0.2, 0.25) is 0 Å². The van der Waals surface area contributed by atoms with E-state index in [0.29, 0.717) is 0 Å². The number of anilines is 1. The van der Waals surface area contributed by atoms with Crippen LogP contribution in [-0.4, -0.2) is 44.1 Å². The molecule has 0 spiro atoms. The van der Waals surface area contributed by atoms with Gasteiger partial charge in [0.05, 0.1) is 0 Å². The van der Waals surface area contributed by atoms with Crippen molar-refractivity contribution in [2.45, 2.75) is 26.2 Å². The first-order valence-corrected chi connectivity index (χ1v) is 7.98. The molecule has 116 valence electrons. The Labute approximate surface area is 128 Å². The molecule has 1 aliphatic heterocycles. The minimum Gasteiger partial charge on any atom is -0.375 e. The van der Waals surface area contributed by atoms with Gasteiger partial charge in [-0.15, -0.1) is 0 Å². The molecule has 2 N–H and O–H groups in total. The summed E-state index contributed by atoms with van der Waals surface area (Å²) in [7, 11) is 2.12. The van der Waals surface area contributed by atoms with Gasteiger partial charge in [0.15, 0.2) is 5.96 Å². The van der Waals surface area contributed by atoms with Crippen LogP contribution in [0.1, 0.15) is 26.2 Å². The Morgan fingerprint density at radius 1 is 1.38 bits per heavy atom. The van der Waals surface area contributed by atoms with E-state index < -0.39 is 0 Å². The molecule has 2 rings (SSSR count). The smallest absolute Gasteiger partial charge is 0.191 e. The standard InChI is InChI=1S/C17H28N4/c1-15-8-6-13-21(14-15)17(18)19-11-7-12-20(2)16-9-4-3-5-10-16/h3-5,9-10,15H,6-8,11-14H2,1-2H3,(H2,18,19). The number of nitrogens with zero attached hydrogens (tertiary/aromatic N) is 3. The Bertz CT molecular complexity index is 443. The van der Waals surface area contributed by atoms with Crippen molar-refractivity contribution < 1.29 is 0 Å². The van der Waals surface area contributed by atoms with Crippen LogP contribution in [0.4, 0.5) is 5.69 Å². The maximum absolute atomic E-state index is 6.10. The first kappa shape index (κ1) is 15.7. The van der Waals surface area contributed by atoms with Crippen LogP contribution in [0.25, 0.3) is 0 Å². The number of likely N-dealkylation sites (tertiary alicyclic amines) is 1. The molecule has 1 fully saturated rings. The lowest BCUT2D eigenvalue weighted by Crippen LogP contribution is -2.43. The van der Waals surface area contributed by atoms with Gasteiger partial charge in [0, 0.05) is 38.9 Å². The number of hydrogen-bond acceptors (Lipinski definition) is 2. The highest BCUT2D eigenvalue weighted by atomic mass is 15.3. The summed E-state index contributed by atoms with van der Waals surface area (Å²) in [4.78, 5) is 9.03. The largest absolute Gasteiger partial charge is 0.375 e. The Morgan fingerprint density at radius 3 is 2.86 bits per heavy atom. The minimum absolute atomic E-state index is 0.726. The second kappa shape index (κ2) is 7.91. The zero-order valence-electron chi connectivity index (χ0n) is 13.3. The topological polar surface area (TPSA) is 44.9 Å². The van der Waals surface area contributed by atoms with Crippen LogP contribution in [0.2, 0.25) is 0 Å². The average Bonchev–Trinajstić information content (AvgIpc) is 2.52. The highest BCUT2D eigenvalue weighted by molar-refractivity contribution is 5.78. The number of hydrogen-bond donors (Lipinski definition) is 1. The van der Waals surface area contributed by atoms with Crippen LogP contribution >= 0.6 is 0 Å². The highest BCUT2D eigenvalue weighted by Gasteiger charge is 2.17. The molecule has 1 aromatic rings. The number of guanidine groups is 1. The van der Waals surface area contributed by atoms with Gasteiger partial charge in [0.1, 0.15) is 0 Å². The molecule has 0 aliphatic carbocycles. The molecule has 1 aliphatic rings. The third kappa shape index (κ3) is 4.96. The van der Waals surface area contributed by atoms with E-state index in [1.807, 2.05) is 6.07 Å². The van der Waals surface area contributed by atoms with Crippen LogP contribution in [0.15, 0.2) is 35.3 Å². The number of nitrogens with two attached hydrogens (primary N) is 1. The molecule has 0 aromatic heterocycles. The minimum atomic E-state index is 0.726. The summed E-state index contributed by atoms with van der Waals surface area (Å²) in [5.41, 5.74) is 7.35. The maximum atomic E-state index is 6.10. The Morgan fingerprint density at radius 2 is 2.14 bits per heavy atom. The van der Waals surface area contributed by atoms with Crippen molar-refractivity contribution in [1.82, 2.24) is 4.90 Å². The number of benzene rings is 1. The van der Waals surface area contributed by atoms with Crippen LogP contribution in [-0.2, 0) is 0 Å². The van der Waals surface area contributed by atoms with Gasteiger partial charge in [-0.2, -0.15) is 0 Å². The molecule has 21 heavy (non-hydrogen) atoms. The first-order valence-electron chi connectivity index (χ1n) is 7.98. The van der Waals surface area contributed by atoms with Gasteiger partial charge >= 0.3 is 0 Å². The van der Waals surface area contributed by atoms with E-state index in [1.54, 1.807) is 0 Å². The zero-order chi connectivity index (χ0) is 15.1. The monoisotopic (exact) mass is 288 g/mol. The molecule has 1 saturated heterocycles. The zero-order valence-corrected chi connectivity index (χ0v) is 13.3. The highest BCUT2D eigenvalue weighted by Crippen LogP contribution is 2.15. The molecule has 1 heterocycles. The van der Waals surface area contributed by atoms with E-state index in [4.69, 9.17) is 5.73 Å². The van der Waals surface area contributed by atoms with Crippen molar-refractivity contribution in [3.8, 4) is 0 Å². The van der Waals surface area contributed by atoms with Crippen molar-refractivity contribution in [2.24, 2.45) is 16.6 Å². The van der Waals surface area contributed by atoms with E-state index in [2.05, 4.69) is 53.0 Å². The quantitative estimate of drug-likeness (QED) is 0.514. The molecule has 1 aromatic carbocycles. The van der Waals surface area contributed by atoms with Gasteiger partial charge in [0.25, 0.3) is 0 Å². The van der Waals surface area contributed by atoms with Gasteiger partial charge in [-0.1, -0.05) is 25.1 Å². The van der Waals surface area contributed by atoms with Gasteiger partial charge in [-0.05, 0) is 37.3 Å². The van der Waals surface area contributed by atoms with Crippen LogP contribution in [0.3, 0.4) is 0 Å². The molecule has 4 nitrogen and oxygen atoms in total. The number of para-hydroxylation sites is 1. The second-order valence-corrected chi connectivity index (χ2v) is 6.04. The molecule has 0 bridgehead atoms. The molecule has 1 atom stereocenters. The number of rotatable bonds is 5. The lowest BCUT2D eigenvalue weighted by Gasteiger charge is -2.31. The molecule has 0 amide bonds. The Kier molecular flexibility index (Phi) is 5.90. The molecular formula is C17H28N4. The number of piperidine rings is 1. The summed E-state index contributed by atoms with van der Waals surface area (Å²) < 4.78 is 0. The third-order valence-corrected chi connectivity index (χ3v) is 4.10. The first-order chi connectivity index (χ1) is 10.2. The summed E-state index contributed by atoms with van der Waals surface area (Å²) in [5.74, 6) is 1.46. The molecule has 0 radical (unpaired) electrons. The van der Waals surface area contributed by atoms with Crippen LogP contribution in [0, 0.1) is 5.92 Å². The fourth-order valence-electron chi connectivity index (χ4n) is 2.81. The summed E-state index contributed by atoms with van der Waals surface area (Å²) in [6.07, 6.45) is 3.56. The molecular weight excluding hydrogens is 260 g/mol. The predicted octanol–water partition coefficient (Wildman–Crippen LogP) is 2.56. The van der Waals surface area contributed by atoms with E-state index in [1.165, 1.54) is 18.5 Å². The fraction of sp³-hybridized carbons (Fsp3) is 0.588. The third-order valence-electron chi connectivity index (χ3n) is 4.10. The van der Waals surface area contributed by atoms with E-state index in [0.717, 1.165) is 44.5 Å². The summed E-state index contributed by atoms with van der Waals surface area (Å²) in [6, 6.07) is 10.4. The van der Waals surface area contributed by atoms with Crippen LogP contribution < -0.4 is 10.6 Å². The van der Waals surface area contributed by atoms with E-state index >= 15 is 0 Å². The summed E-state index contributed by atoms with van der Waals surface area (Å²) in [5, 5.41) is 0. The maximum Gasteiger partial charge on any atom is 0.191 e. The van der Waals surface area contributed by atoms with Crippen molar-refractivity contribution in [3.63, 3.8) is 0 Å². The van der Waals surface area contributed by atoms with Gasteiger partial charge in [-0.3, -0.25) is 4.99 Å². The molecule has 4 heteroatoms. The Balaban J connectivity index is 1.72. The van der Waals surface area contributed by atoms with Crippen molar-refractivity contribution in [2.75, 3.05) is 38.1 Å².